The Bertz CT molecular complexity index is 831. The van der Waals surface area contributed by atoms with Gasteiger partial charge in [0.05, 0.1) is 22.6 Å². The molecule has 0 spiro atoms. The Morgan fingerprint density at radius 2 is 1.74 bits per heavy atom. The monoisotopic (exact) mass is 336 g/mol. The van der Waals surface area contributed by atoms with Gasteiger partial charge in [0.25, 0.3) is 15.7 Å². The van der Waals surface area contributed by atoms with E-state index in [0.29, 0.717) is 17.0 Å². The van der Waals surface area contributed by atoms with Crippen LogP contribution < -0.4 is 9.04 Å². The van der Waals surface area contributed by atoms with Crippen molar-refractivity contribution < 1.29 is 18.1 Å². The van der Waals surface area contributed by atoms with Crippen molar-refractivity contribution in [3.05, 3.63) is 58.1 Å². The topological polar surface area (TPSA) is 89.8 Å². The van der Waals surface area contributed by atoms with Crippen LogP contribution in [0.25, 0.3) is 0 Å². The zero-order chi connectivity index (χ0) is 17.2. The number of methoxy groups -OCH3 is 1. The highest BCUT2D eigenvalue weighted by Gasteiger charge is 2.25. The molecule has 0 heterocycles. The van der Waals surface area contributed by atoms with Crippen LogP contribution in [0.5, 0.6) is 5.75 Å². The number of non-ortho nitro benzene ring substituents is 1. The number of sulfonamides is 1. The van der Waals surface area contributed by atoms with Gasteiger partial charge in [-0.05, 0) is 36.8 Å². The lowest BCUT2D eigenvalue weighted by Crippen LogP contribution is -2.27. The number of anilines is 1. The van der Waals surface area contributed by atoms with Crippen molar-refractivity contribution in [3.63, 3.8) is 0 Å². The minimum absolute atomic E-state index is 0.0926. The van der Waals surface area contributed by atoms with Gasteiger partial charge in [0, 0.05) is 19.2 Å². The highest BCUT2D eigenvalue weighted by Crippen LogP contribution is 2.28. The van der Waals surface area contributed by atoms with E-state index in [1.807, 2.05) is 0 Å². The van der Waals surface area contributed by atoms with E-state index in [0.717, 1.165) is 10.4 Å². The molecule has 2 rings (SSSR count). The number of hydrogen-bond donors (Lipinski definition) is 0. The molecule has 0 aliphatic carbocycles. The second-order valence-corrected chi connectivity index (χ2v) is 6.82. The van der Waals surface area contributed by atoms with Crippen LogP contribution in [-0.4, -0.2) is 27.5 Å². The molecule has 0 bridgehead atoms. The van der Waals surface area contributed by atoms with Gasteiger partial charge in [0.2, 0.25) is 0 Å². The molecule has 8 heteroatoms. The van der Waals surface area contributed by atoms with Gasteiger partial charge in [0.1, 0.15) is 5.75 Å². The summed E-state index contributed by atoms with van der Waals surface area (Å²) in [4.78, 5) is 10.2. The molecule has 122 valence electrons. The number of aryl methyl sites for hydroxylation is 1. The Kier molecular flexibility index (Phi) is 4.55. The van der Waals surface area contributed by atoms with E-state index < -0.39 is 14.9 Å². The molecular formula is C15H16N2O5S. The molecule has 0 amide bonds. The fourth-order valence-corrected chi connectivity index (χ4v) is 3.50. The van der Waals surface area contributed by atoms with E-state index in [1.165, 1.54) is 26.3 Å². The van der Waals surface area contributed by atoms with Crippen LogP contribution in [0.4, 0.5) is 11.4 Å². The van der Waals surface area contributed by atoms with Crippen molar-refractivity contribution in [1.82, 2.24) is 0 Å². The molecule has 2 aromatic rings. The second kappa shape index (κ2) is 6.25. The zero-order valence-electron chi connectivity index (χ0n) is 12.9. The number of rotatable bonds is 5. The summed E-state index contributed by atoms with van der Waals surface area (Å²) in [7, 11) is -0.996. The lowest BCUT2D eigenvalue weighted by molar-refractivity contribution is -0.385. The fraction of sp³-hybridized carbons (Fsp3) is 0.200. The number of hydrogen-bond acceptors (Lipinski definition) is 5. The highest BCUT2D eigenvalue weighted by molar-refractivity contribution is 7.92. The minimum atomic E-state index is -3.91. The Labute approximate surface area is 134 Å². The van der Waals surface area contributed by atoms with Crippen molar-refractivity contribution in [1.29, 1.82) is 0 Å². The molecule has 0 saturated heterocycles. The zero-order valence-corrected chi connectivity index (χ0v) is 13.7. The summed E-state index contributed by atoms with van der Waals surface area (Å²) >= 11 is 0. The van der Waals surface area contributed by atoms with E-state index in [-0.39, 0.29) is 10.6 Å². The predicted octanol–water partition coefficient (Wildman–Crippen LogP) is 2.74. The maximum absolute atomic E-state index is 12.8. The maximum atomic E-state index is 12.8. The molecule has 7 nitrogen and oxygen atoms in total. The lowest BCUT2D eigenvalue weighted by Gasteiger charge is -2.20. The number of nitrogens with zero attached hydrogens (tertiary/aromatic N) is 2. The Hall–Kier alpha value is -2.61. The third-order valence-corrected chi connectivity index (χ3v) is 5.38. The van der Waals surface area contributed by atoms with Crippen molar-refractivity contribution in [2.24, 2.45) is 0 Å². The van der Waals surface area contributed by atoms with Crippen molar-refractivity contribution in [3.8, 4) is 5.75 Å². The molecule has 2 aromatic carbocycles. The van der Waals surface area contributed by atoms with Gasteiger partial charge in [-0.2, -0.15) is 0 Å². The average molecular weight is 336 g/mol. The average Bonchev–Trinajstić information content (AvgIpc) is 2.54. The van der Waals surface area contributed by atoms with Crippen LogP contribution >= 0.6 is 0 Å². The van der Waals surface area contributed by atoms with E-state index in [2.05, 4.69) is 0 Å². The van der Waals surface area contributed by atoms with Gasteiger partial charge in [-0.1, -0.05) is 6.07 Å². The van der Waals surface area contributed by atoms with E-state index in [1.54, 1.807) is 31.2 Å². The van der Waals surface area contributed by atoms with Crippen LogP contribution in [0.1, 0.15) is 5.56 Å². The number of nitro groups is 1. The summed E-state index contributed by atoms with van der Waals surface area (Å²) < 4.78 is 31.6. The summed E-state index contributed by atoms with van der Waals surface area (Å²) in [6.45, 7) is 1.60. The third-order valence-electron chi connectivity index (χ3n) is 3.46. The summed E-state index contributed by atoms with van der Waals surface area (Å²) in [5, 5.41) is 10.9. The summed E-state index contributed by atoms with van der Waals surface area (Å²) in [6.07, 6.45) is 0. The first kappa shape index (κ1) is 16.8. The minimum Gasteiger partial charge on any atom is -0.497 e. The molecule has 0 atom stereocenters. The highest BCUT2D eigenvalue weighted by atomic mass is 32.2. The normalized spacial score (nSPS) is 11.1. The number of ether oxygens (including phenoxy) is 1. The van der Waals surface area contributed by atoms with Crippen molar-refractivity contribution in [2.45, 2.75) is 11.8 Å². The smallest absolute Gasteiger partial charge is 0.270 e. The molecule has 0 N–H and O–H groups in total. The van der Waals surface area contributed by atoms with Crippen LogP contribution in [0.15, 0.2) is 47.4 Å². The molecule has 0 aliphatic rings. The first-order valence-corrected chi connectivity index (χ1v) is 8.09. The van der Waals surface area contributed by atoms with Crippen LogP contribution in [0.2, 0.25) is 0 Å². The first-order chi connectivity index (χ1) is 10.8. The van der Waals surface area contributed by atoms with Crippen LogP contribution in [-0.2, 0) is 10.0 Å². The van der Waals surface area contributed by atoms with Gasteiger partial charge < -0.3 is 4.74 Å². The molecule has 0 fully saturated rings. The Morgan fingerprint density at radius 3 is 2.26 bits per heavy atom. The Morgan fingerprint density at radius 1 is 1.13 bits per heavy atom. The summed E-state index contributed by atoms with van der Waals surface area (Å²) in [5.41, 5.74) is 0.602. The summed E-state index contributed by atoms with van der Waals surface area (Å²) in [5.74, 6) is 0.603. The molecular weight excluding hydrogens is 320 g/mol. The van der Waals surface area contributed by atoms with Gasteiger partial charge >= 0.3 is 0 Å². The molecule has 0 aromatic heterocycles. The third kappa shape index (κ3) is 3.26. The van der Waals surface area contributed by atoms with Crippen LogP contribution in [0.3, 0.4) is 0 Å². The van der Waals surface area contributed by atoms with E-state index in [4.69, 9.17) is 4.74 Å². The quantitative estimate of drug-likeness (QED) is 0.618. The lowest BCUT2D eigenvalue weighted by atomic mass is 10.2. The van der Waals surface area contributed by atoms with Gasteiger partial charge in [-0.15, -0.1) is 0 Å². The van der Waals surface area contributed by atoms with Crippen LogP contribution in [0, 0.1) is 17.0 Å². The van der Waals surface area contributed by atoms with Gasteiger partial charge in [0.15, 0.2) is 0 Å². The molecule has 0 unspecified atom stereocenters. The second-order valence-electron chi connectivity index (χ2n) is 4.88. The SMILES string of the molecule is COc1ccc(N(C)S(=O)(=O)c2cc([N+](=O)[O-])ccc2C)cc1. The van der Waals surface area contributed by atoms with Gasteiger partial charge in [-0.25, -0.2) is 8.42 Å². The van der Waals surface area contributed by atoms with Crippen molar-refractivity contribution >= 4 is 21.4 Å². The molecule has 0 saturated carbocycles. The summed E-state index contributed by atoms with van der Waals surface area (Å²) in [6, 6.07) is 10.3. The number of nitro benzene ring substituents is 1. The first-order valence-electron chi connectivity index (χ1n) is 6.65. The molecule has 0 aliphatic heterocycles. The van der Waals surface area contributed by atoms with E-state index >= 15 is 0 Å². The van der Waals surface area contributed by atoms with Crippen molar-refractivity contribution in [2.75, 3.05) is 18.5 Å². The predicted molar refractivity (Wildman–Crippen MR) is 86.4 cm³/mol. The largest absolute Gasteiger partial charge is 0.497 e. The fourth-order valence-electron chi connectivity index (χ4n) is 2.06. The number of benzene rings is 2. The Balaban J connectivity index is 2.48. The van der Waals surface area contributed by atoms with E-state index in [9.17, 15) is 18.5 Å². The molecule has 0 radical (unpaired) electrons. The van der Waals surface area contributed by atoms with Gasteiger partial charge in [-0.3, -0.25) is 14.4 Å². The maximum Gasteiger partial charge on any atom is 0.270 e. The standard InChI is InChI=1S/C15H16N2O5S/c1-11-4-5-13(17(18)19)10-15(11)23(20,21)16(2)12-6-8-14(22-3)9-7-12/h4-10H,1-3H3. The molecule has 23 heavy (non-hydrogen) atoms.